The minimum atomic E-state index is -1.32. The summed E-state index contributed by atoms with van der Waals surface area (Å²) >= 11 is 0. The number of benzene rings is 2. The van der Waals surface area contributed by atoms with Gasteiger partial charge in [-0.15, -0.1) is 0 Å². The molecule has 0 aromatic heterocycles. The molecule has 0 unspecified atom stereocenters. The fourth-order valence-electron chi connectivity index (χ4n) is 2.21. The minimum Gasteiger partial charge on any atom is -0.506 e. The molecule has 4 N–H and O–H groups in total. The van der Waals surface area contributed by atoms with Gasteiger partial charge >= 0.3 is 12.1 Å². The van der Waals surface area contributed by atoms with Crippen LogP contribution >= 0.6 is 0 Å². The third-order valence-electron chi connectivity index (χ3n) is 3.19. The van der Waals surface area contributed by atoms with Gasteiger partial charge in [-0.05, 0) is 30.3 Å². The van der Waals surface area contributed by atoms with Crippen LogP contribution in [0.1, 0.15) is 10.4 Å². The van der Waals surface area contributed by atoms with Gasteiger partial charge in [-0.3, -0.25) is 5.43 Å². The highest BCUT2D eigenvalue weighted by Crippen LogP contribution is 2.39. The van der Waals surface area contributed by atoms with E-state index in [9.17, 15) is 19.8 Å². The summed E-state index contributed by atoms with van der Waals surface area (Å²) in [5.41, 5.74) is 3.57. The van der Waals surface area contributed by atoms with Gasteiger partial charge in [-0.25, -0.2) is 9.59 Å². The lowest BCUT2D eigenvalue weighted by Crippen LogP contribution is -2.45. The van der Waals surface area contributed by atoms with Crippen LogP contribution in [0.2, 0.25) is 0 Å². The number of nitrogens with zero attached hydrogens (tertiary/aromatic N) is 2. The van der Waals surface area contributed by atoms with Crippen LogP contribution in [0.25, 0.3) is 0 Å². The van der Waals surface area contributed by atoms with Crippen molar-refractivity contribution < 1.29 is 24.9 Å². The number of rotatable bonds is 2. The zero-order chi connectivity index (χ0) is 15.9. The molecule has 0 aliphatic carbocycles. The molecule has 0 atom stereocenters. The number of hydrazine groups is 2. The Kier molecular flexibility index (Phi) is 2.99. The van der Waals surface area contributed by atoms with Crippen LogP contribution in [0.5, 0.6) is 5.75 Å². The number of nitrogens with one attached hydrogen (secondary N) is 1. The van der Waals surface area contributed by atoms with Crippen molar-refractivity contribution in [1.82, 2.24) is 0 Å². The van der Waals surface area contributed by atoms with Gasteiger partial charge in [0.1, 0.15) is 11.4 Å². The monoisotopic (exact) mass is 301 g/mol. The average molecular weight is 301 g/mol. The van der Waals surface area contributed by atoms with E-state index in [1.165, 1.54) is 30.3 Å². The highest BCUT2D eigenvalue weighted by molar-refractivity contribution is 6.01. The minimum absolute atomic E-state index is 0.0362. The molecule has 0 bridgehead atoms. The van der Waals surface area contributed by atoms with E-state index in [-0.39, 0.29) is 22.7 Å². The summed E-state index contributed by atoms with van der Waals surface area (Å²) in [6.45, 7) is 0. The summed E-state index contributed by atoms with van der Waals surface area (Å²) in [7, 11) is 0. The van der Waals surface area contributed by atoms with Gasteiger partial charge in [0.2, 0.25) is 0 Å². The highest BCUT2D eigenvalue weighted by Gasteiger charge is 2.34. The molecule has 0 radical (unpaired) electrons. The van der Waals surface area contributed by atoms with Crippen molar-refractivity contribution in [3.63, 3.8) is 0 Å². The molecule has 0 saturated carbocycles. The first-order valence-electron chi connectivity index (χ1n) is 6.24. The second kappa shape index (κ2) is 4.85. The summed E-state index contributed by atoms with van der Waals surface area (Å²) in [4.78, 5) is 22.6. The van der Waals surface area contributed by atoms with Crippen molar-refractivity contribution in [2.75, 3.05) is 15.6 Å². The van der Waals surface area contributed by atoms with Crippen LogP contribution in [0.15, 0.2) is 42.5 Å². The van der Waals surface area contributed by atoms with Crippen LogP contribution in [-0.2, 0) is 0 Å². The fourth-order valence-corrected chi connectivity index (χ4v) is 2.21. The lowest BCUT2D eigenvalue weighted by Gasteiger charge is -2.27. The Bertz CT molecular complexity index is 777. The van der Waals surface area contributed by atoms with E-state index in [1.807, 2.05) is 0 Å². The zero-order valence-electron chi connectivity index (χ0n) is 11.1. The lowest BCUT2D eigenvalue weighted by atomic mass is 10.2. The number of carboxylic acid groups (broad SMARTS) is 2. The van der Waals surface area contributed by atoms with Gasteiger partial charge < -0.3 is 15.3 Å². The first kappa shape index (κ1) is 13.6. The largest absolute Gasteiger partial charge is 0.506 e. The van der Waals surface area contributed by atoms with E-state index in [1.54, 1.807) is 12.1 Å². The van der Waals surface area contributed by atoms with Crippen molar-refractivity contribution in [3.05, 3.63) is 48.0 Å². The van der Waals surface area contributed by atoms with Gasteiger partial charge in [-0.1, -0.05) is 12.1 Å². The number of anilines is 3. The lowest BCUT2D eigenvalue weighted by molar-refractivity contribution is 0.0697. The third-order valence-corrected chi connectivity index (χ3v) is 3.19. The molecule has 22 heavy (non-hydrogen) atoms. The number of para-hydroxylation sites is 2. The molecule has 1 aliphatic rings. The number of carbonyl (C=O) groups is 2. The SMILES string of the molecule is O=C(O)c1ccc2c(c1)N(C(=O)O)N(c1ccccc1O)N2. The highest BCUT2D eigenvalue weighted by atomic mass is 16.4. The van der Waals surface area contributed by atoms with Crippen molar-refractivity contribution in [2.45, 2.75) is 0 Å². The number of hydrogen-bond acceptors (Lipinski definition) is 5. The van der Waals surface area contributed by atoms with Crippen molar-refractivity contribution in [2.24, 2.45) is 0 Å². The number of hydrogen-bond donors (Lipinski definition) is 4. The smallest absolute Gasteiger partial charge is 0.432 e. The van der Waals surface area contributed by atoms with Crippen molar-refractivity contribution >= 4 is 29.1 Å². The quantitative estimate of drug-likeness (QED) is 0.673. The molecule has 1 amide bonds. The Balaban J connectivity index is 2.11. The van der Waals surface area contributed by atoms with Crippen LogP contribution in [-0.4, -0.2) is 27.4 Å². The predicted molar refractivity (Wildman–Crippen MR) is 78.1 cm³/mol. The summed E-state index contributed by atoms with van der Waals surface area (Å²) in [5, 5.41) is 30.3. The van der Waals surface area contributed by atoms with Gasteiger partial charge in [-0.2, -0.15) is 10.1 Å². The number of phenols is 1. The number of phenolic OH excluding ortho intramolecular Hbond substituents is 1. The average Bonchev–Trinajstić information content (AvgIpc) is 2.85. The van der Waals surface area contributed by atoms with Crippen molar-refractivity contribution in [3.8, 4) is 5.75 Å². The van der Waals surface area contributed by atoms with Crippen LogP contribution < -0.4 is 15.6 Å². The summed E-state index contributed by atoms with van der Waals surface area (Å²) in [6, 6.07) is 10.3. The van der Waals surface area contributed by atoms with Gasteiger partial charge in [0.15, 0.2) is 0 Å². The van der Waals surface area contributed by atoms with Crippen molar-refractivity contribution in [1.29, 1.82) is 0 Å². The van der Waals surface area contributed by atoms with Crippen LogP contribution in [0.4, 0.5) is 21.9 Å². The zero-order valence-corrected chi connectivity index (χ0v) is 11.1. The number of aromatic hydroxyl groups is 1. The molecular formula is C14H11N3O5. The van der Waals surface area contributed by atoms with E-state index in [0.717, 1.165) is 10.1 Å². The number of fused-ring (bicyclic) bond motifs is 1. The standard InChI is InChI=1S/C14H11N3O5/c18-12-4-2-1-3-10(12)17-15-9-6-5-8(13(19)20)7-11(9)16(17)14(21)22/h1-7,15,18H,(H,19,20)(H,21,22). The summed E-state index contributed by atoms with van der Waals surface area (Å²) in [5.74, 6) is -1.28. The number of carboxylic acids is 1. The van der Waals surface area contributed by atoms with E-state index >= 15 is 0 Å². The molecule has 3 rings (SSSR count). The van der Waals surface area contributed by atoms with E-state index in [2.05, 4.69) is 5.43 Å². The Hall–Kier alpha value is -3.42. The second-order valence-electron chi connectivity index (χ2n) is 4.54. The topological polar surface area (TPSA) is 113 Å². The molecule has 2 aromatic carbocycles. The first-order valence-corrected chi connectivity index (χ1v) is 6.24. The maximum atomic E-state index is 11.6. The molecular weight excluding hydrogens is 290 g/mol. The van der Waals surface area contributed by atoms with Gasteiger partial charge in [0.05, 0.1) is 16.9 Å². The molecule has 8 heteroatoms. The molecule has 2 aromatic rings. The fraction of sp³-hybridized carbons (Fsp3) is 0. The van der Waals surface area contributed by atoms with E-state index in [4.69, 9.17) is 5.11 Å². The molecule has 0 spiro atoms. The second-order valence-corrected chi connectivity index (χ2v) is 4.54. The normalized spacial score (nSPS) is 12.7. The van der Waals surface area contributed by atoms with E-state index in [0.29, 0.717) is 5.69 Å². The maximum absolute atomic E-state index is 11.6. The molecule has 8 nitrogen and oxygen atoms in total. The molecule has 112 valence electrons. The molecule has 1 heterocycles. The molecule has 0 fully saturated rings. The number of amides is 1. The Morgan fingerprint density at radius 3 is 2.36 bits per heavy atom. The van der Waals surface area contributed by atoms with Crippen LogP contribution in [0.3, 0.4) is 0 Å². The molecule has 0 saturated heterocycles. The number of aromatic carboxylic acids is 1. The predicted octanol–water partition coefficient (Wildman–Crippen LogP) is 2.34. The third kappa shape index (κ3) is 2.03. The van der Waals surface area contributed by atoms with Gasteiger partial charge in [0, 0.05) is 0 Å². The first-order chi connectivity index (χ1) is 10.5. The van der Waals surface area contributed by atoms with Gasteiger partial charge in [0.25, 0.3) is 0 Å². The van der Waals surface area contributed by atoms with Crippen LogP contribution in [0, 0.1) is 0 Å². The Morgan fingerprint density at radius 1 is 1.00 bits per heavy atom. The Morgan fingerprint density at radius 2 is 1.73 bits per heavy atom. The summed E-state index contributed by atoms with van der Waals surface area (Å²) < 4.78 is 0. The Labute approximate surface area is 124 Å². The molecule has 1 aliphatic heterocycles. The maximum Gasteiger partial charge on any atom is 0.432 e. The van der Waals surface area contributed by atoms with E-state index < -0.39 is 12.1 Å². The summed E-state index contributed by atoms with van der Waals surface area (Å²) in [6.07, 6.45) is -1.32.